The summed E-state index contributed by atoms with van der Waals surface area (Å²) in [5.74, 6) is -1.06. The highest BCUT2D eigenvalue weighted by Crippen LogP contribution is 2.47. The second-order valence-corrected chi connectivity index (χ2v) is 9.42. The van der Waals surface area contributed by atoms with E-state index in [1.54, 1.807) is 33.3 Å². The molecule has 0 saturated heterocycles. The SMILES string of the molecule is CC[C@H](C)OC(=O)C1C(C)=NC2=C(C(=O)C[C@H](c3ccc(OC)c(OC)c3)C2)[C@@H]1c1ccc(F)cc1. The molecule has 1 heterocycles. The Hall–Kier alpha value is -3.48. The van der Waals surface area contributed by atoms with Crippen LogP contribution in [0, 0.1) is 11.7 Å². The number of carbonyl (C=O) groups excluding carboxylic acids is 2. The van der Waals surface area contributed by atoms with Crippen LogP contribution >= 0.6 is 0 Å². The molecule has 2 aromatic rings. The Morgan fingerprint density at radius 2 is 1.72 bits per heavy atom. The first kappa shape index (κ1) is 25.6. The molecule has 0 radical (unpaired) electrons. The van der Waals surface area contributed by atoms with E-state index in [-0.39, 0.29) is 30.0 Å². The molecular weight excluding hydrogens is 461 g/mol. The van der Waals surface area contributed by atoms with Crippen molar-refractivity contribution in [3.63, 3.8) is 0 Å². The largest absolute Gasteiger partial charge is 0.493 e. The molecule has 7 heteroatoms. The van der Waals surface area contributed by atoms with Crippen molar-refractivity contribution in [2.75, 3.05) is 14.2 Å². The van der Waals surface area contributed by atoms with E-state index in [9.17, 15) is 14.0 Å². The number of halogens is 1. The van der Waals surface area contributed by atoms with Crippen molar-refractivity contribution in [1.29, 1.82) is 0 Å². The smallest absolute Gasteiger partial charge is 0.315 e. The lowest BCUT2D eigenvalue weighted by atomic mass is 9.69. The number of nitrogens with zero attached hydrogens (tertiary/aromatic N) is 1. The first-order valence-corrected chi connectivity index (χ1v) is 12.3. The zero-order valence-electron chi connectivity index (χ0n) is 21.3. The molecule has 2 aliphatic rings. The van der Waals surface area contributed by atoms with Crippen LogP contribution in [-0.2, 0) is 14.3 Å². The summed E-state index contributed by atoms with van der Waals surface area (Å²) in [5, 5.41) is 0. The fourth-order valence-electron chi connectivity index (χ4n) is 5.09. The van der Waals surface area contributed by atoms with Gasteiger partial charge in [-0.25, -0.2) is 4.39 Å². The highest BCUT2D eigenvalue weighted by atomic mass is 19.1. The van der Waals surface area contributed by atoms with Crippen molar-refractivity contribution in [1.82, 2.24) is 0 Å². The van der Waals surface area contributed by atoms with Crippen molar-refractivity contribution in [3.05, 3.63) is 70.7 Å². The Morgan fingerprint density at radius 1 is 1.06 bits per heavy atom. The number of allylic oxidation sites excluding steroid dienone is 2. The van der Waals surface area contributed by atoms with Crippen molar-refractivity contribution in [2.45, 2.75) is 58.0 Å². The van der Waals surface area contributed by atoms with Crippen LogP contribution in [0.25, 0.3) is 0 Å². The lowest BCUT2D eigenvalue weighted by Crippen LogP contribution is -2.39. The maximum absolute atomic E-state index is 13.8. The van der Waals surface area contributed by atoms with E-state index in [1.165, 1.54) is 12.1 Å². The summed E-state index contributed by atoms with van der Waals surface area (Å²) in [6.07, 6.45) is 1.23. The lowest BCUT2D eigenvalue weighted by molar-refractivity contribution is -0.151. The molecule has 2 aromatic carbocycles. The lowest BCUT2D eigenvalue weighted by Gasteiger charge is -2.37. The second kappa shape index (κ2) is 10.6. The number of rotatable bonds is 7. The average Bonchev–Trinajstić information content (AvgIpc) is 2.87. The number of aliphatic imine (C=N–C) groups is 1. The molecule has 4 rings (SSSR count). The van der Waals surface area contributed by atoms with E-state index in [4.69, 9.17) is 19.2 Å². The van der Waals surface area contributed by atoms with E-state index in [2.05, 4.69) is 0 Å². The van der Waals surface area contributed by atoms with Gasteiger partial charge < -0.3 is 14.2 Å². The number of hydrogen-bond acceptors (Lipinski definition) is 6. The molecule has 1 aliphatic carbocycles. The zero-order valence-corrected chi connectivity index (χ0v) is 21.3. The highest BCUT2D eigenvalue weighted by Gasteiger charge is 2.45. The normalized spacial score (nSPS) is 22.4. The Kier molecular flexibility index (Phi) is 7.57. The van der Waals surface area contributed by atoms with Crippen LogP contribution in [0.2, 0.25) is 0 Å². The fourth-order valence-corrected chi connectivity index (χ4v) is 5.09. The van der Waals surface area contributed by atoms with Gasteiger partial charge in [0, 0.05) is 29.3 Å². The average molecular weight is 494 g/mol. The van der Waals surface area contributed by atoms with Crippen LogP contribution in [0.3, 0.4) is 0 Å². The molecular formula is C29H32FNO5. The molecule has 0 bridgehead atoms. The summed E-state index contributed by atoms with van der Waals surface area (Å²) in [4.78, 5) is 31.8. The molecule has 190 valence electrons. The molecule has 1 unspecified atom stereocenters. The topological polar surface area (TPSA) is 74.2 Å². The van der Waals surface area contributed by atoms with Gasteiger partial charge in [0.25, 0.3) is 0 Å². The summed E-state index contributed by atoms with van der Waals surface area (Å²) >= 11 is 0. The standard InChI is InChI=1S/C29H32FNO5/c1-6-16(2)36-29(33)26-17(3)31-22-13-20(19-9-12-24(34-4)25(15-19)35-5)14-23(32)28(22)27(26)18-7-10-21(30)11-8-18/h7-12,15-16,20,26-27H,6,13-14H2,1-5H3/t16-,20+,26?,27+/m0/s1. The second-order valence-electron chi connectivity index (χ2n) is 9.42. The van der Waals surface area contributed by atoms with Gasteiger partial charge >= 0.3 is 5.97 Å². The van der Waals surface area contributed by atoms with Crippen molar-refractivity contribution < 1.29 is 28.2 Å². The predicted molar refractivity (Wildman–Crippen MR) is 135 cm³/mol. The Morgan fingerprint density at radius 3 is 2.36 bits per heavy atom. The summed E-state index contributed by atoms with van der Waals surface area (Å²) in [6, 6.07) is 11.7. The third kappa shape index (κ3) is 4.92. The maximum atomic E-state index is 13.8. The van der Waals surface area contributed by atoms with Crippen LogP contribution in [-0.4, -0.2) is 37.8 Å². The number of Topliss-reactive ketones (excluding diaryl/α,β-unsaturated/α-hetero) is 1. The van der Waals surface area contributed by atoms with Gasteiger partial charge in [0.05, 0.1) is 20.3 Å². The quantitative estimate of drug-likeness (QED) is 0.459. The van der Waals surface area contributed by atoms with Gasteiger partial charge in [-0.15, -0.1) is 0 Å². The predicted octanol–water partition coefficient (Wildman–Crippen LogP) is 5.76. The molecule has 1 aliphatic heterocycles. The number of methoxy groups -OCH3 is 2. The van der Waals surface area contributed by atoms with E-state index in [1.807, 2.05) is 32.0 Å². The highest BCUT2D eigenvalue weighted by molar-refractivity contribution is 6.09. The van der Waals surface area contributed by atoms with E-state index in [0.29, 0.717) is 46.9 Å². The van der Waals surface area contributed by atoms with Gasteiger partial charge in [-0.1, -0.05) is 25.1 Å². The number of ketones is 1. The van der Waals surface area contributed by atoms with Gasteiger partial charge in [0.2, 0.25) is 0 Å². The van der Waals surface area contributed by atoms with E-state index < -0.39 is 17.8 Å². The van der Waals surface area contributed by atoms with Gasteiger partial charge in [-0.3, -0.25) is 14.6 Å². The molecule has 0 spiro atoms. The molecule has 0 aromatic heterocycles. The number of esters is 1. The number of hydrogen-bond donors (Lipinski definition) is 0. The van der Waals surface area contributed by atoms with Crippen LogP contribution in [0.5, 0.6) is 11.5 Å². The minimum atomic E-state index is -0.746. The van der Waals surface area contributed by atoms with Crippen LogP contribution in [0.15, 0.2) is 58.7 Å². The maximum Gasteiger partial charge on any atom is 0.315 e. The van der Waals surface area contributed by atoms with Gasteiger partial charge in [0.15, 0.2) is 17.3 Å². The molecule has 0 fully saturated rings. The first-order chi connectivity index (χ1) is 17.3. The molecule has 0 amide bonds. The monoisotopic (exact) mass is 493 g/mol. The summed E-state index contributed by atoms with van der Waals surface area (Å²) in [6.45, 7) is 5.58. The summed E-state index contributed by atoms with van der Waals surface area (Å²) in [7, 11) is 3.16. The summed E-state index contributed by atoms with van der Waals surface area (Å²) < 4.78 is 30.2. The molecule has 0 N–H and O–H groups in total. The third-order valence-electron chi connectivity index (χ3n) is 7.14. The molecule has 0 saturated carbocycles. The Bertz CT molecular complexity index is 1220. The molecule has 6 nitrogen and oxygen atoms in total. The van der Waals surface area contributed by atoms with E-state index >= 15 is 0 Å². The van der Waals surface area contributed by atoms with Gasteiger partial charge in [-0.05, 0) is 68.0 Å². The van der Waals surface area contributed by atoms with Crippen molar-refractivity contribution in [2.24, 2.45) is 10.9 Å². The Labute approximate surface area is 211 Å². The number of carbonyl (C=O) groups is 2. The summed E-state index contributed by atoms with van der Waals surface area (Å²) in [5.41, 5.74) is 3.44. The van der Waals surface area contributed by atoms with Gasteiger partial charge in [-0.2, -0.15) is 0 Å². The van der Waals surface area contributed by atoms with Gasteiger partial charge in [0.1, 0.15) is 11.7 Å². The Balaban J connectivity index is 1.76. The minimum absolute atomic E-state index is 0.0667. The number of ether oxygens (including phenoxy) is 3. The van der Waals surface area contributed by atoms with Crippen LogP contribution in [0.4, 0.5) is 4.39 Å². The molecule has 4 atom stereocenters. The number of benzene rings is 2. The first-order valence-electron chi connectivity index (χ1n) is 12.3. The zero-order chi connectivity index (χ0) is 26.0. The molecule has 36 heavy (non-hydrogen) atoms. The minimum Gasteiger partial charge on any atom is -0.493 e. The fraction of sp³-hybridized carbons (Fsp3) is 0.414. The van der Waals surface area contributed by atoms with Crippen molar-refractivity contribution in [3.8, 4) is 11.5 Å². The third-order valence-corrected chi connectivity index (χ3v) is 7.14. The van der Waals surface area contributed by atoms with E-state index in [0.717, 1.165) is 5.56 Å². The van der Waals surface area contributed by atoms with Crippen LogP contribution < -0.4 is 9.47 Å². The van der Waals surface area contributed by atoms with Crippen molar-refractivity contribution >= 4 is 17.5 Å². The van der Waals surface area contributed by atoms with Crippen LogP contribution in [0.1, 0.15) is 63.0 Å².